The number of carbonyl (C=O) groups excluding carboxylic acids is 1. The molecule has 0 radical (unpaired) electrons. The third kappa shape index (κ3) is 3.64. The Bertz CT molecular complexity index is 641. The molecular weight excluding hydrogens is 303 g/mol. The maximum Gasteiger partial charge on any atom is 1.00 e. The Morgan fingerprint density at radius 2 is 1.88 bits per heavy atom. The monoisotopic (exact) mass is 308 g/mol. The Morgan fingerprint density at radius 3 is 2.29 bits per heavy atom. The molecule has 0 saturated carbocycles. The van der Waals surface area contributed by atoms with Gasteiger partial charge < -0.3 is 9.90 Å². The van der Waals surface area contributed by atoms with E-state index in [0.29, 0.717) is 7.91 Å². The summed E-state index contributed by atoms with van der Waals surface area (Å²) in [4.78, 5) is 10.6. The van der Waals surface area contributed by atoms with Crippen molar-refractivity contribution in [2.45, 2.75) is 0 Å². The van der Waals surface area contributed by atoms with Crippen LogP contribution in [0.3, 0.4) is 0 Å². The number of aromatic nitrogens is 2. The van der Waals surface area contributed by atoms with Gasteiger partial charge >= 0.3 is 51.4 Å². The Labute approximate surface area is 154 Å². The molecule has 2 aromatic rings. The summed E-state index contributed by atoms with van der Waals surface area (Å²) in [6.45, 7) is 0. The molecule has 1 heterocycles. The Kier molecular flexibility index (Phi) is 5.86. The molecule has 8 heteroatoms. The number of nitrogens with one attached hydrogen (secondary N) is 1. The van der Waals surface area contributed by atoms with Gasteiger partial charge in [-0.1, -0.05) is 23.5 Å². The fraction of sp³-hybridized carbons (Fsp3) is 0. The first kappa shape index (κ1) is 15.4. The molecular formula is C9H5KN2O2S3. The molecule has 0 aliphatic rings. The average molecular weight is 308 g/mol. The van der Waals surface area contributed by atoms with E-state index in [9.17, 15) is 9.90 Å². The summed E-state index contributed by atoms with van der Waals surface area (Å²) >= 11 is 11.3. The number of benzene rings is 1. The molecule has 0 spiro atoms. The van der Waals surface area contributed by atoms with Crippen molar-refractivity contribution in [2.75, 3.05) is 0 Å². The van der Waals surface area contributed by atoms with Crippen molar-refractivity contribution < 1.29 is 61.3 Å². The topological polar surface area (TPSA) is 60.8 Å². The number of nitrogens with zero attached hydrogens (tertiary/aromatic N) is 1. The van der Waals surface area contributed by atoms with E-state index in [1.54, 1.807) is 16.8 Å². The van der Waals surface area contributed by atoms with Gasteiger partial charge in [-0.15, -0.1) is 0 Å². The van der Waals surface area contributed by atoms with Gasteiger partial charge in [0.15, 0.2) is 7.91 Å². The minimum Gasteiger partial charge on any atom is -0.545 e. The number of carbonyl (C=O) groups is 1. The molecule has 17 heavy (non-hydrogen) atoms. The van der Waals surface area contributed by atoms with E-state index < -0.39 is 5.97 Å². The van der Waals surface area contributed by atoms with Crippen LogP contribution in [0.5, 0.6) is 0 Å². The second-order valence-corrected chi connectivity index (χ2v) is 5.25. The van der Waals surface area contributed by atoms with Gasteiger partial charge in [0.1, 0.15) is 0 Å². The fourth-order valence-electron chi connectivity index (χ4n) is 1.20. The summed E-state index contributed by atoms with van der Waals surface area (Å²) in [7, 11) is 0. The van der Waals surface area contributed by atoms with Crippen LogP contribution in [-0.2, 0) is 0 Å². The van der Waals surface area contributed by atoms with Crippen molar-refractivity contribution in [3.8, 4) is 5.69 Å². The van der Waals surface area contributed by atoms with Crippen LogP contribution in [0.2, 0.25) is 0 Å². The molecule has 0 atom stereocenters. The normalized spacial score (nSPS) is 9.65. The van der Waals surface area contributed by atoms with E-state index in [1.807, 2.05) is 0 Å². The number of aromatic amines is 1. The molecule has 82 valence electrons. The fourth-order valence-corrected chi connectivity index (χ4v) is 2.63. The largest absolute Gasteiger partial charge is 1.00 e. The van der Waals surface area contributed by atoms with Gasteiger partial charge in [0.25, 0.3) is 0 Å². The minimum absolute atomic E-state index is 0. The van der Waals surface area contributed by atoms with Crippen molar-refractivity contribution in [2.24, 2.45) is 0 Å². The molecule has 0 fully saturated rings. The summed E-state index contributed by atoms with van der Waals surface area (Å²) in [5, 5.41) is 13.5. The standard InChI is InChI=1S/C9H6N2O2S3.K/c12-7(13)5-1-3-6(4-2-5)11-9(15)16-8(14)10-11;/h1-4H,(H,10,14)(H,12,13);/q;+1/p-1. The van der Waals surface area contributed by atoms with Gasteiger partial charge in [0, 0.05) is 0 Å². The van der Waals surface area contributed by atoms with Crippen LogP contribution >= 0.6 is 35.8 Å². The summed E-state index contributed by atoms with van der Waals surface area (Å²) in [5.74, 6) is -1.20. The minimum atomic E-state index is -1.20. The van der Waals surface area contributed by atoms with Gasteiger partial charge in [-0.25, -0.2) is 4.68 Å². The van der Waals surface area contributed by atoms with Crippen molar-refractivity contribution in [1.29, 1.82) is 0 Å². The average Bonchev–Trinajstić information content (AvgIpc) is 2.58. The van der Waals surface area contributed by atoms with E-state index in [2.05, 4.69) is 5.10 Å². The van der Waals surface area contributed by atoms with Crippen molar-refractivity contribution in [1.82, 2.24) is 9.78 Å². The maximum atomic E-state index is 10.6. The molecule has 1 N–H and O–H groups in total. The third-order valence-corrected chi connectivity index (χ3v) is 3.33. The Balaban J connectivity index is 0.00000144. The smallest absolute Gasteiger partial charge is 0.545 e. The van der Waals surface area contributed by atoms with Crippen LogP contribution in [-0.4, -0.2) is 15.7 Å². The first-order valence-corrected chi connectivity index (χ1v) is 5.85. The number of H-pyrrole nitrogens is 1. The van der Waals surface area contributed by atoms with Gasteiger partial charge in [0.2, 0.25) is 0 Å². The number of carboxylic acids is 1. The molecule has 1 aromatic carbocycles. The van der Waals surface area contributed by atoms with Gasteiger partial charge in [-0.3, -0.25) is 5.10 Å². The zero-order valence-electron chi connectivity index (χ0n) is 8.80. The van der Waals surface area contributed by atoms with E-state index in [-0.39, 0.29) is 56.9 Å². The van der Waals surface area contributed by atoms with Crippen LogP contribution < -0.4 is 56.5 Å². The maximum absolute atomic E-state index is 10.6. The molecule has 0 unspecified atom stereocenters. The summed E-state index contributed by atoms with van der Waals surface area (Å²) in [6.07, 6.45) is 0. The second-order valence-electron chi connectivity index (χ2n) is 2.94. The SMILES string of the molecule is O=C([O-])c1ccc(-n2[nH]c(=S)sc2=S)cc1.[K+]. The van der Waals surface area contributed by atoms with Gasteiger partial charge in [-0.05, 0) is 42.1 Å². The zero-order chi connectivity index (χ0) is 11.7. The number of aromatic carboxylic acids is 1. The van der Waals surface area contributed by atoms with Crippen molar-refractivity contribution in [3.63, 3.8) is 0 Å². The number of carboxylic acid groups (broad SMARTS) is 1. The summed E-state index contributed by atoms with van der Waals surface area (Å²) in [6, 6.07) is 6.19. The van der Waals surface area contributed by atoms with Gasteiger partial charge in [0.05, 0.1) is 11.7 Å². The van der Waals surface area contributed by atoms with Gasteiger partial charge in [-0.2, -0.15) is 0 Å². The first-order valence-electron chi connectivity index (χ1n) is 4.22. The first-order chi connectivity index (χ1) is 7.58. The van der Waals surface area contributed by atoms with Crippen LogP contribution in [0.15, 0.2) is 24.3 Å². The van der Waals surface area contributed by atoms with Crippen molar-refractivity contribution >= 4 is 41.7 Å². The predicted molar refractivity (Wildman–Crippen MR) is 64.0 cm³/mol. The molecule has 1 aromatic heterocycles. The number of hydrogen-bond donors (Lipinski definition) is 1. The molecule has 0 bridgehead atoms. The number of rotatable bonds is 2. The predicted octanol–water partition coefficient (Wildman–Crippen LogP) is -1.31. The van der Waals surface area contributed by atoms with E-state index in [1.165, 1.54) is 23.5 Å². The molecule has 0 amide bonds. The van der Waals surface area contributed by atoms with Crippen LogP contribution in [0, 0.1) is 7.91 Å². The zero-order valence-corrected chi connectivity index (χ0v) is 14.4. The third-order valence-electron chi connectivity index (χ3n) is 1.93. The van der Waals surface area contributed by atoms with E-state index >= 15 is 0 Å². The summed E-state index contributed by atoms with van der Waals surface area (Å²) < 4.78 is 2.79. The van der Waals surface area contributed by atoms with Crippen LogP contribution in [0.4, 0.5) is 0 Å². The molecule has 2 rings (SSSR count). The molecule has 0 aliphatic heterocycles. The quantitative estimate of drug-likeness (QED) is 0.553. The van der Waals surface area contributed by atoms with E-state index in [0.717, 1.165) is 5.69 Å². The molecule has 0 aliphatic carbocycles. The van der Waals surface area contributed by atoms with Crippen LogP contribution in [0.25, 0.3) is 5.69 Å². The molecule has 4 nitrogen and oxygen atoms in total. The molecule has 0 saturated heterocycles. The second kappa shape index (κ2) is 6.48. The number of hydrogen-bond acceptors (Lipinski definition) is 5. The Hall–Kier alpha value is 0.326. The van der Waals surface area contributed by atoms with Crippen molar-refractivity contribution in [3.05, 3.63) is 37.7 Å². The summed E-state index contributed by atoms with van der Waals surface area (Å²) in [5.41, 5.74) is 0.867. The van der Waals surface area contributed by atoms with Crippen LogP contribution in [0.1, 0.15) is 10.4 Å². The Morgan fingerprint density at radius 1 is 1.29 bits per heavy atom. The van der Waals surface area contributed by atoms with E-state index in [4.69, 9.17) is 24.4 Å².